The Morgan fingerprint density at radius 3 is 2.53 bits per heavy atom. The van der Waals surface area contributed by atoms with E-state index in [2.05, 4.69) is 18.7 Å². The molecule has 2 N–H and O–H groups in total. The van der Waals surface area contributed by atoms with Gasteiger partial charge in [-0.1, -0.05) is 49.2 Å². The van der Waals surface area contributed by atoms with Crippen LogP contribution in [0.3, 0.4) is 0 Å². The fourth-order valence-electron chi connectivity index (χ4n) is 9.91. The van der Waals surface area contributed by atoms with Gasteiger partial charge in [0.15, 0.2) is 0 Å². The van der Waals surface area contributed by atoms with Crippen molar-refractivity contribution in [2.24, 2.45) is 22.9 Å². The van der Waals surface area contributed by atoms with Gasteiger partial charge in [-0.2, -0.15) is 5.26 Å². The van der Waals surface area contributed by atoms with E-state index in [-0.39, 0.29) is 49.9 Å². The first-order chi connectivity index (χ1) is 30.4. The van der Waals surface area contributed by atoms with Gasteiger partial charge < -0.3 is 38.9 Å². The Morgan fingerprint density at radius 1 is 1.03 bits per heavy atom. The highest BCUT2D eigenvalue weighted by Gasteiger charge is 2.65. The number of nitrogens with zero attached hydrogens (tertiary/aromatic N) is 3. The van der Waals surface area contributed by atoms with E-state index < -0.39 is 24.0 Å². The van der Waals surface area contributed by atoms with Gasteiger partial charge >= 0.3 is 0 Å². The summed E-state index contributed by atoms with van der Waals surface area (Å²) in [4.78, 5) is 34.7. The number of fused-ring (bicyclic) bond motifs is 2. The Balaban J connectivity index is 1.45. The second kappa shape index (κ2) is 21.2. The Kier molecular flexibility index (Phi) is 15.3. The first kappa shape index (κ1) is 44.7. The number of rotatable bonds is 20. The van der Waals surface area contributed by atoms with Crippen LogP contribution in [0, 0.1) is 29.1 Å². The average molecular weight is 846 g/mol. The van der Waals surface area contributed by atoms with Crippen molar-refractivity contribution in [1.82, 2.24) is 4.90 Å². The topological polar surface area (TPSA) is 160 Å². The number of ether oxygens (including phenoxy) is 4. The normalized spacial score (nSPS) is 25.6. The van der Waals surface area contributed by atoms with Crippen LogP contribution in [0.1, 0.15) is 115 Å². The molecule has 1 saturated heterocycles. The molecule has 0 bridgehead atoms. The number of unbranched alkanes of at least 4 members (excludes halogenated alkanes) is 2. The minimum absolute atomic E-state index is 0.0217. The van der Waals surface area contributed by atoms with Crippen molar-refractivity contribution < 1.29 is 43.6 Å². The van der Waals surface area contributed by atoms with Crippen molar-refractivity contribution in [3.05, 3.63) is 113 Å². The average Bonchev–Trinajstić information content (AvgIpc) is 3.31. The molecule has 12 nitrogen and oxygen atoms in total. The number of amides is 1. The van der Waals surface area contributed by atoms with Gasteiger partial charge in [-0.05, 0) is 117 Å². The number of aliphatic hydroxyl groups is 2. The number of nitriles is 1. The fourth-order valence-corrected chi connectivity index (χ4v) is 9.91. The molecule has 0 aromatic heterocycles. The zero-order chi connectivity index (χ0) is 43.5. The van der Waals surface area contributed by atoms with E-state index in [9.17, 15) is 25.1 Å². The Hall–Kier alpha value is -5.32. The summed E-state index contributed by atoms with van der Waals surface area (Å²) in [6, 6.07) is 20.9. The van der Waals surface area contributed by atoms with Crippen LogP contribution in [0.4, 0.5) is 0 Å². The zero-order valence-corrected chi connectivity index (χ0v) is 35.7. The molecule has 328 valence electrons. The van der Waals surface area contributed by atoms with E-state index >= 15 is 0 Å². The molecule has 7 atom stereocenters. The first-order valence-electron chi connectivity index (χ1n) is 22.3. The lowest BCUT2D eigenvalue weighted by atomic mass is 9.55. The number of aliphatic hydroxyl groups excluding tert-OH is 2. The van der Waals surface area contributed by atoms with Gasteiger partial charge in [0.2, 0.25) is 12.1 Å². The van der Waals surface area contributed by atoms with Gasteiger partial charge in [0.1, 0.15) is 29.6 Å². The van der Waals surface area contributed by atoms with Gasteiger partial charge in [-0.25, -0.2) is 0 Å². The van der Waals surface area contributed by atoms with E-state index in [0.29, 0.717) is 78.5 Å². The van der Waals surface area contributed by atoms with Gasteiger partial charge in [0, 0.05) is 55.2 Å². The quantitative estimate of drug-likeness (QED) is 0.0487. The summed E-state index contributed by atoms with van der Waals surface area (Å²) in [5.74, 6) is -0.645. The summed E-state index contributed by atoms with van der Waals surface area (Å²) in [6.07, 6.45) is 12.3. The van der Waals surface area contributed by atoms with Gasteiger partial charge in [-0.3, -0.25) is 9.59 Å². The number of benzene rings is 3. The van der Waals surface area contributed by atoms with Crippen LogP contribution in [0.25, 0.3) is 0 Å². The molecule has 2 aliphatic heterocycles. The van der Waals surface area contributed by atoms with E-state index in [4.69, 9.17) is 28.9 Å². The molecular weight excluding hydrogens is 787 g/mol. The van der Waals surface area contributed by atoms with Gasteiger partial charge in [0.05, 0.1) is 36.5 Å². The molecule has 2 aliphatic carbocycles. The Morgan fingerprint density at radius 2 is 1.82 bits per heavy atom. The van der Waals surface area contributed by atoms with Crippen molar-refractivity contribution in [1.29, 1.82) is 5.26 Å². The van der Waals surface area contributed by atoms with E-state index in [0.717, 1.165) is 55.9 Å². The number of carbonyl (C=O) groups excluding carboxylic acids is 2. The second-order valence-electron chi connectivity index (χ2n) is 16.7. The van der Waals surface area contributed by atoms with Crippen molar-refractivity contribution in [3.63, 3.8) is 0 Å². The van der Waals surface area contributed by atoms with Crippen molar-refractivity contribution in [2.75, 3.05) is 33.0 Å². The number of allylic oxidation sites excluding steroid dienone is 1. The highest BCUT2D eigenvalue weighted by Crippen LogP contribution is 2.62. The van der Waals surface area contributed by atoms with Crippen molar-refractivity contribution >= 4 is 17.9 Å². The predicted octanol–water partition coefficient (Wildman–Crippen LogP) is 8.88. The molecule has 7 rings (SSSR count). The molecule has 62 heavy (non-hydrogen) atoms. The summed E-state index contributed by atoms with van der Waals surface area (Å²) < 4.78 is 26.9. The van der Waals surface area contributed by atoms with Crippen LogP contribution in [-0.4, -0.2) is 84.1 Å². The van der Waals surface area contributed by atoms with Crippen LogP contribution in [-0.2, 0) is 14.3 Å². The minimum atomic E-state index is -1.43. The summed E-state index contributed by atoms with van der Waals surface area (Å²) in [6.45, 7) is 7.34. The van der Waals surface area contributed by atoms with Gasteiger partial charge in [-0.15, -0.1) is 6.58 Å². The van der Waals surface area contributed by atoms with E-state index in [1.165, 1.54) is 0 Å². The molecule has 1 amide bonds. The summed E-state index contributed by atoms with van der Waals surface area (Å²) >= 11 is 0. The number of aldehydes is 1. The Labute approximate surface area is 364 Å². The molecule has 3 aromatic rings. The van der Waals surface area contributed by atoms with E-state index in [1.54, 1.807) is 48.5 Å². The molecule has 7 unspecified atom stereocenters. The number of carbonyl (C=O) groups is 2. The lowest BCUT2D eigenvalue weighted by Crippen LogP contribution is -2.70. The first-order valence-corrected chi connectivity index (χ1v) is 22.3. The standard InChI is InChI=1S/C50H59N3O9/c1-3-23-53(49(57)36-19-17-34(32-51)18-20-36)45-31-43(52-62-46-16-7-10-27-58-46)41-29-37(13-5-8-24-54)40(15-6-9-25-55)47-42-30-39(60-38-14-11-12-35(28-38)33-56)21-22-44(42)61-50(45,48(41)47)59-26-4-2/h4,11-12,14,17-22,28-30,33,37,40,45-48,54-55H,2-3,5-10,13,15-16,23-27,31H2,1H3. The monoisotopic (exact) mass is 845 g/mol. The SMILES string of the molecule is C=CCOC12Oc3ccc(Oc4cccc(C=O)c4)cc3C3C(CCCCO)C(CCCCO)C=C(C(=NOC4CCCCO4)CC1N(CCC)C(=O)c1ccc(C#N)cc1)C32. The maximum Gasteiger partial charge on any atom is 0.254 e. The van der Waals surface area contributed by atoms with Crippen molar-refractivity contribution in [3.8, 4) is 23.3 Å². The maximum absolute atomic E-state index is 15.0. The molecule has 0 radical (unpaired) electrons. The molecule has 3 aromatic carbocycles. The third-order valence-corrected chi connectivity index (χ3v) is 12.7. The highest BCUT2D eigenvalue weighted by molar-refractivity contribution is 6.03. The number of hydrogen-bond donors (Lipinski definition) is 2. The third-order valence-electron chi connectivity index (χ3n) is 12.7. The molecule has 2 heterocycles. The lowest BCUT2D eigenvalue weighted by Gasteiger charge is -2.60. The van der Waals surface area contributed by atoms with E-state index in [1.807, 2.05) is 36.1 Å². The van der Waals surface area contributed by atoms with Crippen LogP contribution in [0.5, 0.6) is 17.2 Å². The molecule has 1 saturated carbocycles. The Bertz CT molecular complexity index is 2120. The maximum atomic E-state index is 15.0. The largest absolute Gasteiger partial charge is 0.459 e. The third kappa shape index (κ3) is 9.67. The molecule has 12 heteroatoms. The zero-order valence-electron chi connectivity index (χ0n) is 35.7. The summed E-state index contributed by atoms with van der Waals surface area (Å²) in [5, 5.41) is 34.4. The summed E-state index contributed by atoms with van der Waals surface area (Å²) in [7, 11) is 0. The second-order valence-corrected chi connectivity index (χ2v) is 16.7. The smallest absolute Gasteiger partial charge is 0.254 e. The summed E-state index contributed by atoms with van der Waals surface area (Å²) in [5.41, 5.74) is 3.92. The molecule has 4 aliphatic rings. The fraction of sp³-hybridized carbons (Fsp3) is 0.480. The van der Waals surface area contributed by atoms with Crippen LogP contribution in [0.15, 0.2) is 96.2 Å². The number of oxime groups is 1. The van der Waals surface area contributed by atoms with Crippen LogP contribution >= 0.6 is 0 Å². The van der Waals surface area contributed by atoms with Crippen LogP contribution in [0.2, 0.25) is 0 Å². The minimum Gasteiger partial charge on any atom is -0.459 e. The highest BCUT2D eigenvalue weighted by atomic mass is 16.8. The van der Waals surface area contributed by atoms with Crippen LogP contribution < -0.4 is 9.47 Å². The van der Waals surface area contributed by atoms with Crippen molar-refractivity contribution in [2.45, 2.75) is 102 Å². The lowest BCUT2D eigenvalue weighted by molar-refractivity contribution is -0.254. The molecule has 2 fully saturated rings. The predicted molar refractivity (Wildman–Crippen MR) is 234 cm³/mol. The number of hydrogen-bond acceptors (Lipinski definition) is 11. The molecule has 0 spiro atoms. The molecular formula is C50H59N3O9. The van der Waals surface area contributed by atoms with Gasteiger partial charge in [0.25, 0.3) is 5.91 Å².